The topological polar surface area (TPSA) is 184 Å². The van der Waals surface area contributed by atoms with Crippen molar-refractivity contribution in [1.82, 2.24) is 19.1 Å². The number of benzene rings is 3. The van der Waals surface area contributed by atoms with Gasteiger partial charge in [0.2, 0.25) is 0 Å². The lowest BCUT2D eigenvalue weighted by molar-refractivity contribution is -0.0923. The van der Waals surface area contributed by atoms with Crippen LogP contribution >= 0.6 is 6.49 Å². The molecule has 0 aliphatic carbocycles. The van der Waals surface area contributed by atoms with E-state index in [1.54, 1.807) is 34.7 Å². The van der Waals surface area contributed by atoms with E-state index in [0.29, 0.717) is 29.0 Å². The number of nitrogens with one attached hydrogen (secondary N) is 2. The maximum absolute atomic E-state index is 13.3. The Labute approximate surface area is 395 Å². The van der Waals surface area contributed by atoms with Gasteiger partial charge in [-0.1, -0.05) is 75.4 Å². The fourth-order valence-corrected chi connectivity index (χ4v) is 11.3. The van der Waals surface area contributed by atoms with Crippen molar-refractivity contribution < 1.29 is 37.2 Å². The summed E-state index contributed by atoms with van der Waals surface area (Å²) in [4.78, 5) is 55.8. The smallest absolute Gasteiger partial charge is 0.330 e. The maximum Gasteiger partial charge on any atom is 0.330 e. The van der Waals surface area contributed by atoms with Crippen LogP contribution in [0.1, 0.15) is 73.9 Å². The first-order valence-corrected chi connectivity index (χ1v) is 28.2. The molecule has 5 aromatic rings. The summed E-state index contributed by atoms with van der Waals surface area (Å²) in [5.74, 6) is 1.34. The Bertz CT molecular complexity index is 2760. The zero-order valence-corrected chi connectivity index (χ0v) is 42.3. The predicted octanol–water partition coefficient (Wildman–Crippen LogP) is 7.04. The van der Waals surface area contributed by atoms with Crippen molar-refractivity contribution in [3.05, 3.63) is 161 Å². The summed E-state index contributed by atoms with van der Waals surface area (Å²) in [6.07, 6.45) is -0.864. The molecular weight excluding hydrogens is 916 g/mol. The van der Waals surface area contributed by atoms with E-state index in [1.165, 1.54) is 21.5 Å². The van der Waals surface area contributed by atoms with Gasteiger partial charge in [-0.25, -0.2) is 9.59 Å². The molecule has 0 saturated carbocycles. The average Bonchev–Trinajstić information content (AvgIpc) is 3.88. The minimum atomic E-state index is -3.18. The number of rotatable bonds is 17. The highest BCUT2D eigenvalue weighted by Crippen LogP contribution is 2.51. The molecule has 0 bridgehead atoms. The largest absolute Gasteiger partial charge is 0.497 e. The van der Waals surface area contributed by atoms with Crippen LogP contribution in [-0.4, -0.2) is 85.9 Å². The molecule has 0 unspecified atom stereocenters. The molecule has 3 aromatic carbocycles. The molecule has 4 heterocycles. The molecule has 19 heteroatoms. The van der Waals surface area contributed by atoms with E-state index in [2.05, 4.69) is 43.8 Å². The SMILES string of the molecule is COc1ccc(C(OC[C@H]2O[C@@H](n3cc(C)c(=O)[nH]c3=O)C[C@@H]2O[P@](C)(=S)OC[C@H]2O[C@@H](n3cc(C)c(=O)[nH]c3=O)C[C@@H]2O[Si](C)(C)C(C)(C)C)(c2ccccc2)c2ccc(OC)cc2)cc1. The van der Waals surface area contributed by atoms with Crippen molar-refractivity contribution in [3.63, 3.8) is 0 Å². The molecule has 2 aliphatic heterocycles. The molecule has 2 fully saturated rings. The number of hydrogen-bond donors (Lipinski definition) is 2. The second-order valence-corrected chi connectivity index (χ2v) is 27.4. The van der Waals surface area contributed by atoms with Crippen molar-refractivity contribution in [3.8, 4) is 11.5 Å². The monoisotopic (exact) mass is 976 g/mol. The third kappa shape index (κ3) is 10.9. The van der Waals surface area contributed by atoms with Gasteiger partial charge in [0, 0.05) is 43.0 Å². The van der Waals surface area contributed by atoms with Gasteiger partial charge in [-0.05, 0) is 84.7 Å². The quantitative estimate of drug-likeness (QED) is 0.0551. The van der Waals surface area contributed by atoms with Gasteiger partial charge in [-0.15, -0.1) is 0 Å². The molecule has 16 nitrogen and oxygen atoms in total. The fourth-order valence-electron chi connectivity index (χ4n) is 8.20. The molecule has 7 atom stereocenters. The molecule has 360 valence electrons. The summed E-state index contributed by atoms with van der Waals surface area (Å²) in [7, 11) is 0.848. The fraction of sp³-hybridized carbons (Fsp3) is 0.458. The summed E-state index contributed by atoms with van der Waals surface area (Å²) in [6.45, 7) is 12.4. The molecule has 0 spiro atoms. The van der Waals surface area contributed by atoms with Crippen molar-refractivity contribution >= 4 is 26.6 Å². The molecule has 7 rings (SSSR count). The molecule has 2 N–H and O–H groups in total. The standard InChI is InChI=1S/C48H61N4O12PSSi/c1-30-26-51(45(55)49-43(30)53)41-24-37(63-65(8,66)60-29-40-38(64-67(9,10)47(3,4)5)25-42(62-40)52-27-31(2)44(54)50-46(52)56)39(61-41)28-59-48(32-14-12-11-13-15-32,33-16-20-35(57-6)21-17-33)34-18-22-36(58-7)23-19-34/h11-23,26-27,37-42H,24-25,28-29H2,1-10H3,(H,49,53,55)(H,50,54,56)/t37-,38-,39+,40+,41+,42+,65+/m0/s1. The molecule has 0 amide bonds. The van der Waals surface area contributed by atoms with Gasteiger partial charge in [0.05, 0.1) is 39.6 Å². The minimum Gasteiger partial charge on any atom is -0.497 e. The second kappa shape index (κ2) is 20.1. The van der Waals surface area contributed by atoms with Crippen LogP contribution in [0.4, 0.5) is 0 Å². The average molecular weight is 977 g/mol. The predicted molar refractivity (Wildman–Crippen MR) is 261 cm³/mol. The number of aromatic nitrogens is 4. The van der Waals surface area contributed by atoms with Crippen molar-refractivity contribution in [1.29, 1.82) is 0 Å². The van der Waals surface area contributed by atoms with Crippen LogP contribution in [0.2, 0.25) is 18.1 Å². The van der Waals surface area contributed by atoms with E-state index in [9.17, 15) is 19.2 Å². The number of methoxy groups -OCH3 is 2. The molecule has 2 aliphatic rings. The highest BCUT2D eigenvalue weighted by molar-refractivity contribution is 8.09. The van der Waals surface area contributed by atoms with Crippen LogP contribution in [0.15, 0.2) is 110 Å². The van der Waals surface area contributed by atoms with Crippen molar-refractivity contribution in [2.24, 2.45) is 0 Å². The normalized spacial score (nSPS) is 22.1. The molecule has 2 aromatic heterocycles. The lowest BCUT2D eigenvalue weighted by Crippen LogP contribution is -2.46. The van der Waals surface area contributed by atoms with Crippen molar-refractivity contribution in [2.75, 3.05) is 34.1 Å². The van der Waals surface area contributed by atoms with Gasteiger partial charge < -0.3 is 37.2 Å². The Balaban J connectivity index is 1.21. The van der Waals surface area contributed by atoms with Crippen LogP contribution in [0.25, 0.3) is 0 Å². The van der Waals surface area contributed by atoms with Crippen LogP contribution in [0.5, 0.6) is 11.5 Å². The Morgan fingerprint density at radius 3 is 1.61 bits per heavy atom. The number of nitrogens with zero attached hydrogens (tertiary/aromatic N) is 2. The summed E-state index contributed by atoms with van der Waals surface area (Å²) in [6, 6.07) is 25.1. The second-order valence-electron chi connectivity index (χ2n) is 18.6. The highest BCUT2D eigenvalue weighted by atomic mass is 32.5. The van der Waals surface area contributed by atoms with Crippen LogP contribution in [0.3, 0.4) is 0 Å². The van der Waals surface area contributed by atoms with Gasteiger partial charge in [0.15, 0.2) is 14.8 Å². The number of H-pyrrole nitrogens is 2. The molecule has 2 saturated heterocycles. The first-order chi connectivity index (χ1) is 31.6. The third-order valence-corrected chi connectivity index (χ3v) is 19.3. The number of hydrogen-bond acceptors (Lipinski definition) is 13. The van der Waals surface area contributed by atoms with E-state index in [4.69, 9.17) is 49.0 Å². The summed E-state index contributed by atoms with van der Waals surface area (Å²) in [5.41, 5.74) is -0.265. The van der Waals surface area contributed by atoms with Crippen molar-refractivity contribution in [2.45, 2.75) is 108 Å². The van der Waals surface area contributed by atoms with Crippen LogP contribution in [-0.2, 0) is 45.1 Å². The van der Waals surface area contributed by atoms with E-state index in [1.807, 2.05) is 78.9 Å². The Hall–Kier alpha value is -4.75. The maximum atomic E-state index is 13.3. The molecule has 0 radical (unpaired) electrons. The zero-order valence-electron chi connectivity index (χ0n) is 39.6. The summed E-state index contributed by atoms with van der Waals surface area (Å²) >= 11 is 6.15. The third-order valence-electron chi connectivity index (χ3n) is 13.0. The van der Waals surface area contributed by atoms with Crippen LogP contribution < -0.4 is 32.0 Å². The van der Waals surface area contributed by atoms with Gasteiger partial charge >= 0.3 is 11.4 Å². The van der Waals surface area contributed by atoms with E-state index >= 15 is 0 Å². The molecule has 67 heavy (non-hydrogen) atoms. The number of aryl methyl sites for hydroxylation is 2. The molecular formula is C48H61N4O12PSSi. The van der Waals surface area contributed by atoms with E-state index in [-0.39, 0.29) is 24.7 Å². The summed E-state index contributed by atoms with van der Waals surface area (Å²) in [5, 5.41) is -0.133. The Morgan fingerprint density at radius 1 is 0.701 bits per heavy atom. The van der Waals surface area contributed by atoms with Gasteiger partial charge in [-0.2, -0.15) is 0 Å². The first kappa shape index (κ1) is 50.1. The minimum absolute atomic E-state index is 0.0243. The Morgan fingerprint density at radius 2 is 1.15 bits per heavy atom. The van der Waals surface area contributed by atoms with Gasteiger partial charge in [0.25, 0.3) is 11.1 Å². The Kier molecular flexibility index (Phi) is 15.0. The van der Waals surface area contributed by atoms with Crippen LogP contribution in [0, 0.1) is 13.8 Å². The zero-order chi connectivity index (χ0) is 48.5. The number of ether oxygens (including phenoxy) is 5. The number of aromatic amines is 2. The van der Waals surface area contributed by atoms with Gasteiger partial charge in [-0.3, -0.25) is 28.7 Å². The lowest BCUT2D eigenvalue weighted by atomic mass is 9.80. The van der Waals surface area contributed by atoms with E-state index < -0.39 is 79.8 Å². The van der Waals surface area contributed by atoms with E-state index in [0.717, 1.165) is 16.7 Å². The lowest BCUT2D eigenvalue weighted by Gasteiger charge is -2.39. The highest BCUT2D eigenvalue weighted by Gasteiger charge is 2.47. The first-order valence-electron chi connectivity index (χ1n) is 22.2. The van der Waals surface area contributed by atoms with Gasteiger partial charge in [0.1, 0.15) is 41.8 Å². The summed E-state index contributed by atoms with van der Waals surface area (Å²) < 4.78 is 54.5.